The minimum atomic E-state index is -0.424. The van der Waals surface area contributed by atoms with Crippen LogP contribution in [0.5, 0.6) is 0 Å². The van der Waals surface area contributed by atoms with Crippen molar-refractivity contribution in [2.75, 3.05) is 11.5 Å². The Labute approximate surface area is 117 Å². The average molecular weight is 288 g/mol. The highest BCUT2D eigenvalue weighted by Gasteiger charge is 2.15. The first-order valence-corrected chi connectivity index (χ1v) is 7.04. The van der Waals surface area contributed by atoms with Crippen LogP contribution in [0.4, 0.5) is 5.69 Å². The number of rotatable bonds is 4. The van der Waals surface area contributed by atoms with Crippen LogP contribution in [0.2, 0.25) is 5.02 Å². The van der Waals surface area contributed by atoms with E-state index in [1.165, 1.54) is 0 Å². The van der Waals surface area contributed by atoms with Crippen LogP contribution in [0.25, 0.3) is 0 Å². The smallest absolute Gasteiger partial charge is 0.307 e. The molecular formula is C13H18ClNO2S. The van der Waals surface area contributed by atoms with Gasteiger partial charge in [-0.15, -0.1) is 11.8 Å². The van der Waals surface area contributed by atoms with Crippen LogP contribution in [0.1, 0.15) is 27.2 Å². The molecule has 0 amide bonds. The second kappa shape index (κ2) is 6.34. The Morgan fingerprint density at radius 1 is 1.44 bits per heavy atom. The highest BCUT2D eigenvalue weighted by atomic mass is 35.5. The molecule has 0 aliphatic carbocycles. The predicted octanol–water partition coefficient (Wildman–Crippen LogP) is 3.75. The van der Waals surface area contributed by atoms with Gasteiger partial charge in [0.15, 0.2) is 0 Å². The Balaban J connectivity index is 2.38. The molecule has 5 heteroatoms. The minimum absolute atomic E-state index is 0.184. The van der Waals surface area contributed by atoms with Crippen LogP contribution in [0.15, 0.2) is 23.1 Å². The maximum Gasteiger partial charge on any atom is 0.307 e. The Morgan fingerprint density at radius 3 is 2.67 bits per heavy atom. The molecule has 3 nitrogen and oxygen atoms in total. The normalized spacial score (nSPS) is 11.3. The monoisotopic (exact) mass is 287 g/mol. The second-order valence-corrected chi connectivity index (χ2v) is 6.44. The molecule has 0 fully saturated rings. The summed E-state index contributed by atoms with van der Waals surface area (Å²) in [6.07, 6.45) is 0.379. The summed E-state index contributed by atoms with van der Waals surface area (Å²) in [6, 6.07) is 5.45. The number of halogens is 1. The SMILES string of the molecule is CC(C)(C)OC(=O)CCSc1ccc(N)c(Cl)c1. The number of hydrogen-bond donors (Lipinski definition) is 1. The maximum atomic E-state index is 11.5. The van der Waals surface area contributed by atoms with Crippen molar-refractivity contribution in [2.45, 2.75) is 37.7 Å². The van der Waals surface area contributed by atoms with Crippen molar-refractivity contribution >= 4 is 35.0 Å². The molecule has 0 spiro atoms. The van der Waals surface area contributed by atoms with Gasteiger partial charge in [0.2, 0.25) is 0 Å². The molecule has 0 aliphatic heterocycles. The van der Waals surface area contributed by atoms with Crippen molar-refractivity contribution in [3.05, 3.63) is 23.2 Å². The molecule has 0 aromatic heterocycles. The van der Waals surface area contributed by atoms with Crippen molar-refractivity contribution in [3.63, 3.8) is 0 Å². The number of ether oxygens (including phenoxy) is 1. The first kappa shape index (κ1) is 15.2. The first-order valence-electron chi connectivity index (χ1n) is 5.67. The van der Waals surface area contributed by atoms with Crippen molar-refractivity contribution in [1.29, 1.82) is 0 Å². The van der Waals surface area contributed by atoms with E-state index < -0.39 is 5.60 Å². The van der Waals surface area contributed by atoms with E-state index in [0.717, 1.165) is 4.90 Å². The number of carbonyl (C=O) groups excluding carboxylic acids is 1. The van der Waals surface area contributed by atoms with Gasteiger partial charge in [-0.1, -0.05) is 11.6 Å². The number of benzene rings is 1. The molecule has 0 saturated carbocycles. The van der Waals surface area contributed by atoms with Gasteiger partial charge >= 0.3 is 5.97 Å². The van der Waals surface area contributed by atoms with Gasteiger partial charge < -0.3 is 10.5 Å². The third-order valence-corrected chi connectivity index (χ3v) is 3.29. The zero-order valence-corrected chi connectivity index (χ0v) is 12.4. The Bertz CT molecular complexity index is 429. The quantitative estimate of drug-likeness (QED) is 0.521. The summed E-state index contributed by atoms with van der Waals surface area (Å²) >= 11 is 7.47. The van der Waals surface area contributed by atoms with Gasteiger partial charge in [0.1, 0.15) is 5.60 Å². The van der Waals surface area contributed by atoms with Crippen LogP contribution in [0.3, 0.4) is 0 Å². The molecule has 1 rings (SSSR count). The summed E-state index contributed by atoms with van der Waals surface area (Å²) in [5.74, 6) is 0.478. The molecule has 0 heterocycles. The molecule has 0 saturated heterocycles. The summed E-state index contributed by atoms with van der Waals surface area (Å²) < 4.78 is 5.22. The van der Waals surface area contributed by atoms with Crippen LogP contribution in [-0.2, 0) is 9.53 Å². The highest BCUT2D eigenvalue weighted by Crippen LogP contribution is 2.26. The summed E-state index contributed by atoms with van der Waals surface area (Å²) in [4.78, 5) is 12.5. The molecule has 0 atom stereocenters. The minimum Gasteiger partial charge on any atom is -0.460 e. The Hall–Kier alpha value is -0.870. The number of hydrogen-bond acceptors (Lipinski definition) is 4. The van der Waals surface area contributed by atoms with Gasteiger partial charge in [0.25, 0.3) is 0 Å². The Kier molecular flexibility index (Phi) is 5.35. The molecule has 100 valence electrons. The van der Waals surface area contributed by atoms with E-state index >= 15 is 0 Å². The molecule has 0 bridgehead atoms. The van der Waals surface area contributed by atoms with Gasteiger partial charge in [-0.2, -0.15) is 0 Å². The maximum absolute atomic E-state index is 11.5. The van der Waals surface area contributed by atoms with Crippen molar-refractivity contribution in [2.24, 2.45) is 0 Å². The van der Waals surface area contributed by atoms with E-state index in [0.29, 0.717) is 22.9 Å². The fourth-order valence-electron chi connectivity index (χ4n) is 1.24. The van der Waals surface area contributed by atoms with E-state index in [4.69, 9.17) is 22.1 Å². The second-order valence-electron chi connectivity index (χ2n) is 4.87. The van der Waals surface area contributed by atoms with E-state index in [1.54, 1.807) is 23.9 Å². The summed E-state index contributed by atoms with van der Waals surface area (Å²) in [6.45, 7) is 5.58. The van der Waals surface area contributed by atoms with Crippen molar-refractivity contribution in [3.8, 4) is 0 Å². The molecule has 1 aromatic carbocycles. The number of nitrogen functional groups attached to an aromatic ring is 1. The van der Waals surface area contributed by atoms with Gasteiger partial charge in [-0.25, -0.2) is 0 Å². The summed E-state index contributed by atoms with van der Waals surface area (Å²) in [5, 5.41) is 0.539. The van der Waals surface area contributed by atoms with Crippen LogP contribution in [0, 0.1) is 0 Å². The van der Waals surface area contributed by atoms with E-state index in [9.17, 15) is 4.79 Å². The van der Waals surface area contributed by atoms with E-state index in [1.807, 2.05) is 26.8 Å². The number of thioether (sulfide) groups is 1. The lowest BCUT2D eigenvalue weighted by Crippen LogP contribution is -2.23. The topological polar surface area (TPSA) is 52.3 Å². The predicted molar refractivity (Wildman–Crippen MR) is 77.1 cm³/mol. The largest absolute Gasteiger partial charge is 0.460 e. The fourth-order valence-corrected chi connectivity index (χ4v) is 2.36. The standard InChI is InChI=1S/C13H18ClNO2S/c1-13(2,3)17-12(16)6-7-18-9-4-5-11(15)10(14)8-9/h4-5,8H,6-7,15H2,1-3H3. The fraction of sp³-hybridized carbons (Fsp3) is 0.462. The number of esters is 1. The number of nitrogens with two attached hydrogens (primary N) is 1. The van der Waals surface area contributed by atoms with Crippen LogP contribution >= 0.6 is 23.4 Å². The third kappa shape index (κ3) is 5.65. The lowest BCUT2D eigenvalue weighted by atomic mass is 10.2. The van der Waals surface area contributed by atoms with Gasteiger partial charge in [-0.3, -0.25) is 4.79 Å². The first-order chi connectivity index (χ1) is 8.28. The lowest BCUT2D eigenvalue weighted by Gasteiger charge is -2.19. The molecule has 2 N–H and O–H groups in total. The van der Waals surface area contributed by atoms with Gasteiger partial charge in [0, 0.05) is 10.6 Å². The molecule has 0 unspecified atom stereocenters. The van der Waals surface area contributed by atoms with Crippen molar-refractivity contribution < 1.29 is 9.53 Å². The van der Waals surface area contributed by atoms with Crippen LogP contribution < -0.4 is 5.73 Å². The molecule has 18 heavy (non-hydrogen) atoms. The molecule has 0 radical (unpaired) electrons. The van der Waals surface area contributed by atoms with Crippen molar-refractivity contribution in [1.82, 2.24) is 0 Å². The average Bonchev–Trinajstić information content (AvgIpc) is 2.20. The number of anilines is 1. The lowest BCUT2D eigenvalue weighted by molar-refractivity contribution is -0.154. The van der Waals surface area contributed by atoms with Gasteiger partial charge in [0.05, 0.1) is 17.1 Å². The van der Waals surface area contributed by atoms with E-state index in [-0.39, 0.29) is 5.97 Å². The van der Waals surface area contributed by atoms with Crippen LogP contribution in [-0.4, -0.2) is 17.3 Å². The highest BCUT2D eigenvalue weighted by molar-refractivity contribution is 7.99. The van der Waals surface area contributed by atoms with E-state index in [2.05, 4.69) is 0 Å². The third-order valence-electron chi connectivity index (χ3n) is 1.97. The number of carbonyl (C=O) groups is 1. The molecule has 0 aliphatic rings. The molecule has 1 aromatic rings. The van der Waals surface area contributed by atoms with Gasteiger partial charge in [-0.05, 0) is 39.0 Å². The zero-order chi connectivity index (χ0) is 13.8. The summed E-state index contributed by atoms with van der Waals surface area (Å²) in [7, 11) is 0. The Morgan fingerprint density at radius 2 is 2.11 bits per heavy atom. The summed E-state index contributed by atoms with van der Waals surface area (Å²) in [5.41, 5.74) is 5.76. The molecular weight excluding hydrogens is 270 g/mol. The zero-order valence-electron chi connectivity index (χ0n) is 10.8.